The predicted molar refractivity (Wildman–Crippen MR) is 98.8 cm³/mol. The molecule has 140 valence electrons. The van der Waals surface area contributed by atoms with Crippen LogP contribution in [0.25, 0.3) is 0 Å². The van der Waals surface area contributed by atoms with Crippen molar-refractivity contribution in [2.45, 2.75) is 11.3 Å². The van der Waals surface area contributed by atoms with Crippen molar-refractivity contribution in [3.05, 3.63) is 24.3 Å². The Labute approximate surface area is 154 Å². The van der Waals surface area contributed by atoms with Crippen LogP contribution in [0.3, 0.4) is 0 Å². The topological polar surface area (TPSA) is 133 Å². The minimum absolute atomic E-state index is 0.0586. The molecular weight excluding hydrogens is 380 g/mol. The van der Waals surface area contributed by atoms with Gasteiger partial charge in [0.05, 0.1) is 6.54 Å². The number of anilines is 3. The van der Waals surface area contributed by atoms with E-state index in [9.17, 15) is 18.0 Å². The number of carbonyl (C=O) groups excluding carboxylic acids is 2. The lowest BCUT2D eigenvalue weighted by Crippen LogP contribution is -2.32. The number of hydrogen-bond donors (Lipinski definition) is 3. The number of benzene rings is 1. The minimum atomic E-state index is -4.00. The van der Waals surface area contributed by atoms with E-state index in [1.807, 2.05) is 31.1 Å². The lowest BCUT2D eigenvalue weighted by atomic mass is 10.2. The Balaban J connectivity index is 1.93. The molecule has 2 aromatic rings. The number of sulfonamides is 1. The highest BCUT2D eigenvalue weighted by Crippen LogP contribution is 2.19. The Morgan fingerprint density at radius 1 is 1.12 bits per heavy atom. The highest BCUT2D eigenvalue weighted by Gasteiger charge is 2.21. The van der Waals surface area contributed by atoms with Crippen molar-refractivity contribution >= 4 is 49.7 Å². The summed E-state index contributed by atoms with van der Waals surface area (Å²) in [6, 6.07) is 7.08. The molecule has 1 aromatic heterocycles. The Morgan fingerprint density at radius 2 is 1.77 bits per heavy atom. The van der Waals surface area contributed by atoms with E-state index in [0.717, 1.165) is 5.69 Å². The van der Waals surface area contributed by atoms with E-state index < -0.39 is 28.4 Å². The molecule has 0 unspecified atom stereocenters. The van der Waals surface area contributed by atoms with Gasteiger partial charge in [0, 0.05) is 32.4 Å². The summed E-state index contributed by atoms with van der Waals surface area (Å²) in [7, 11) is -0.212. The second kappa shape index (κ2) is 8.21. The van der Waals surface area contributed by atoms with Crippen LogP contribution in [-0.4, -0.2) is 51.1 Å². The first-order valence-corrected chi connectivity index (χ1v) is 9.65. The van der Waals surface area contributed by atoms with E-state index in [0.29, 0.717) is 17.0 Å². The number of aromatic nitrogens is 2. The molecule has 0 fully saturated rings. The fraction of sp³-hybridized carbons (Fsp3) is 0.286. The molecule has 2 rings (SSSR count). The lowest BCUT2D eigenvalue weighted by molar-refractivity contribution is -0.115. The monoisotopic (exact) mass is 398 g/mol. The molecular formula is C14H18N6O4S2. The Hall–Kier alpha value is -2.57. The van der Waals surface area contributed by atoms with Gasteiger partial charge in [0.25, 0.3) is 10.0 Å². The minimum Gasteiger partial charge on any atom is -0.378 e. The molecule has 0 bridgehead atoms. The van der Waals surface area contributed by atoms with Crippen LogP contribution < -0.4 is 20.3 Å². The number of nitrogens with one attached hydrogen (secondary N) is 3. The summed E-state index contributed by atoms with van der Waals surface area (Å²) in [6.45, 7) is 0.802. The van der Waals surface area contributed by atoms with Gasteiger partial charge >= 0.3 is 0 Å². The van der Waals surface area contributed by atoms with Crippen molar-refractivity contribution < 1.29 is 18.0 Å². The first kappa shape index (κ1) is 19.8. The zero-order valence-electron chi connectivity index (χ0n) is 14.3. The summed E-state index contributed by atoms with van der Waals surface area (Å²) in [6.07, 6.45) is 0. The van der Waals surface area contributed by atoms with E-state index in [-0.39, 0.29) is 9.47 Å². The second-order valence-corrected chi connectivity index (χ2v) is 8.29. The fourth-order valence-electron chi connectivity index (χ4n) is 1.79. The number of carbonyl (C=O) groups is 2. The number of amides is 2. The average molecular weight is 398 g/mol. The SMILES string of the molecule is CC(=O)Nc1nnc(S(=O)(=O)NCC(=O)Nc2ccc(N(C)C)cc2)s1. The van der Waals surface area contributed by atoms with Gasteiger partial charge in [-0.2, -0.15) is 4.72 Å². The molecule has 0 saturated carbocycles. The van der Waals surface area contributed by atoms with Gasteiger partial charge in [-0.15, -0.1) is 10.2 Å². The van der Waals surface area contributed by atoms with Crippen molar-refractivity contribution in [3.8, 4) is 0 Å². The van der Waals surface area contributed by atoms with Crippen molar-refractivity contribution in [2.75, 3.05) is 36.2 Å². The molecule has 2 amide bonds. The molecule has 12 heteroatoms. The molecule has 26 heavy (non-hydrogen) atoms. The fourth-order valence-corrected chi connectivity index (χ4v) is 3.76. The largest absolute Gasteiger partial charge is 0.378 e. The first-order chi connectivity index (χ1) is 12.2. The molecule has 0 saturated heterocycles. The van der Waals surface area contributed by atoms with Gasteiger partial charge in [-0.1, -0.05) is 11.3 Å². The molecule has 10 nitrogen and oxygen atoms in total. The van der Waals surface area contributed by atoms with Crippen molar-refractivity contribution in [3.63, 3.8) is 0 Å². The molecule has 1 aromatic carbocycles. The smallest absolute Gasteiger partial charge is 0.270 e. The van der Waals surface area contributed by atoms with Gasteiger partial charge in [-0.05, 0) is 24.3 Å². The van der Waals surface area contributed by atoms with Crippen molar-refractivity contribution in [1.82, 2.24) is 14.9 Å². The summed E-state index contributed by atoms with van der Waals surface area (Å²) < 4.78 is 26.0. The van der Waals surface area contributed by atoms with Crippen molar-refractivity contribution in [1.29, 1.82) is 0 Å². The van der Waals surface area contributed by atoms with E-state index in [1.165, 1.54) is 6.92 Å². The third kappa shape index (κ3) is 5.47. The van der Waals surface area contributed by atoms with Crippen molar-refractivity contribution in [2.24, 2.45) is 0 Å². The summed E-state index contributed by atoms with van der Waals surface area (Å²) in [4.78, 5) is 24.8. The summed E-state index contributed by atoms with van der Waals surface area (Å²) in [5.41, 5.74) is 1.51. The maximum Gasteiger partial charge on any atom is 0.270 e. The average Bonchev–Trinajstić information content (AvgIpc) is 3.02. The van der Waals surface area contributed by atoms with Crippen LogP contribution in [0.5, 0.6) is 0 Å². The van der Waals surface area contributed by atoms with E-state index in [4.69, 9.17) is 0 Å². The number of rotatable bonds is 7. The molecule has 0 spiro atoms. The zero-order valence-corrected chi connectivity index (χ0v) is 15.9. The molecule has 0 aliphatic carbocycles. The van der Waals surface area contributed by atoms with Crippen LogP contribution in [0.15, 0.2) is 28.6 Å². The van der Waals surface area contributed by atoms with E-state index >= 15 is 0 Å². The van der Waals surface area contributed by atoms with Gasteiger partial charge in [-0.3, -0.25) is 9.59 Å². The molecule has 0 atom stereocenters. The highest BCUT2D eigenvalue weighted by molar-refractivity contribution is 7.91. The normalized spacial score (nSPS) is 11.0. The maximum atomic E-state index is 12.1. The van der Waals surface area contributed by atoms with Crippen LogP contribution in [0.1, 0.15) is 6.92 Å². The van der Waals surface area contributed by atoms with Crippen LogP contribution >= 0.6 is 11.3 Å². The zero-order chi connectivity index (χ0) is 19.3. The second-order valence-electron chi connectivity index (χ2n) is 5.37. The highest BCUT2D eigenvalue weighted by atomic mass is 32.2. The Bertz CT molecular complexity index is 892. The molecule has 3 N–H and O–H groups in total. The predicted octanol–water partition coefficient (Wildman–Crippen LogP) is 0.479. The summed E-state index contributed by atoms with van der Waals surface area (Å²) in [5, 5.41) is 12.0. The standard InChI is InChI=1S/C14H18N6O4S2/c1-9(21)16-13-18-19-14(25-13)26(23,24)15-8-12(22)17-10-4-6-11(7-5-10)20(2)3/h4-7,15H,8H2,1-3H3,(H,17,22)(H,16,18,21). The maximum absolute atomic E-state index is 12.1. The summed E-state index contributed by atoms with van der Waals surface area (Å²) in [5.74, 6) is -0.921. The molecule has 1 heterocycles. The van der Waals surface area contributed by atoms with Crippen LogP contribution in [-0.2, 0) is 19.6 Å². The van der Waals surface area contributed by atoms with Gasteiger partial charge in [0.1, 0.15) is 0 Å². The van der Waals surface area contributed by atoms with Gasteiger partial charge in [0.2, 0.25) is 21.3 Å². The lowest BCUT2D eigenvalue weighted by Gasteiger charge is -2.13. The third-order valence-corrected chi connectivity index (χ3v) is 5.62. The quantitative estimate of drug-likeness (QED) is 0.578. The van der Waals surface area contributed by atoms with Gasteiger partial charge in [0.15, 0.2) is 0 Å². The third-order valence-electron chi connectivity index (χ3n) is 3.01. The van der Waals surface area contributed by atoms with Gasteiger partial charge in [-0.25, -0.2) is 8.42 Å². The van der Waals surface area contributed by atoms with Crippen LogP contribution in [0, 0.1) is 0 Å². The first-order valence-electron chi connectivity index (χ1n) is 7.35. The number of hydrogen-bond acceptors (Lipinski definition) is 8. The Morgan fingerprint density at radius 3 is 2.35 bits per heavy atom. The summed E-state index contributed by atoms with van der Waals surface area (Å²) >= 11 is 0.687. The molecule has 0 radical (unpaired) electrons. The molecule has 0 aliphatic heterocycles. The van der Waals surface area contributed by atoms with Crippen LogP contribution in [0.4, 0.5) is 16.5 Å². The Kier molecular flexibility index (Phi) is 6.23. The number of nitrogens with zero attached hydrogens (tertiary/aromatic N) is 3. The van der Waals surface area contributed by atoms with Gasteiger partial charge < -0.3 is 15.5 Å². The van der Waals surface area contributed by atoms with Crippen LogP contribution in [0.2, 0.25) is 0 Å². The van der Waals surface area contributed by atoms with E-state index in [1.54, 1.807) is 12.1 Å². The van der Waals surface area contributed by atoms with E-state index in [2.05, 4.69) is 25.6 Å². The molecule has 0 aliphatic rings.